The van der Waals surface area contributed by atoms with Crippen LogP contribution >= 0.6 is 11.8 Å². The zero-order valence-electron chi connectivity index (χ0n) is 10.8. The molecule has 0 nitrogen and oxygen atoms in total. The molecular weight excluding hydrogens is 212 g/mol. The quantitative estimate of drug-likeness (QED) is 0.448. The van der Waals surface area contributed by atoms with Crippen molar-refractivity contribution in [1.82, 2.24) is 0 Å². The van der Waals surface area contributed by atoms with Gasteiger partial charge in [0.2, 0.25) is 0 Å². The van der Waals surface area contributed by atoms with E-state index in [0.717, 1.165) is 5.25 Å². The Morgan fingerprint density at radius 1 is 1.06 bits per heavy atom. The lowest BCUT2D eigenvalue weighted by atomic mass is 10.1. The van der Waals surface area contributed by atoms with Crippen molar-refractivity contribution in [3.05, 3.63) is 29.8 Å². The van der Waals surface area contributed by atoms with E-state index in [-0.39, 0.29) is 0 Å². The highest BCUT2D eigenvalue weighted by atomic mass is 32.2. The van der Waals surface area contributed by atoms with E-state index in [2.05, 4.69) is 45.0 Å². The molecule has 0 aromatic heterocycles. The predicted molar refractivity (Wildman–Crippen MR) is 75.3 cm³/mol. The highest BCUT2D eigenvalue weighted by Gasteiger charge is 2.07. The van der Waals surface area contributed by atoms with Gasteiger partial charge in [0.05, 0.1) is 0 Å². The molecule has 0 heterocycles. The fourth-order valence-electron chi connectivity index (χ4n) is 1.78. The fourth-order valence-corrected chi connectivity index (χ4v) is 2.91. The summed E-state index contributed by atoms with van der Waals surface area (Å²) in [5.41, 5.74) is 1.35. The van der Waals surface area contributed by atoms with Gasteiger partial charge in [-0.2, -0.15) is 0 Å². The number of benzene rings is 1. The molecule has 0 saturated heterocycles. The van der Waals surface area contributed by atoms with Crippen LogP contribution in [0.25, 0.3) is 0 Å². The van der Waals surface area contributed by atoms with Crippen molar-refractivity contribution in [3.63, 3.8) is 0 Å². The van der Waals surface area contributed by atoms with E-state index in [1.165, 1.54) is 42.6 Å². The normalized spacial score (nSPS) is 12.7. The van der Waals surface area contributed by atoms with Gasteiger partial charge in [-0.1, -0.05) is 50.8 Å². The summed E-state index contributed by atoms with van der Waals surface area (Å²) in [6.45, 7) is 6.72. The van der Waals surface area contributed by atoms with Crippen molar-refractivity contribution in [1.29, 1.82) is 0 Å². The minimum absolute atomic E-state index is 0.800. The second-order valence-electron chi connectivity index (χ2n) is 4.46. The molecule has 0 aliphatic heterocycles. The van der Waals surface area contributed by atoms with E-state index in [0.29, 0.717) is 0 Å². The Bertz CT molecular complexity index is 276. The first-order valence-electron chi connectivity index (χ1n) is 6.49. The average Bonchev–Trinajstić information content (AvgIpc) is 2.31. The summed E-state index contributed by atoms with van der Waals surface area (Å²) in [7, 11) is 0. The van der Waals surface area contributed by atoms with Gasteiger partial charge in [0.25, 0.3) is 0 Å². The van der Waals surface area contributed by atoms with Crippen molar-refractivity contribution in [2.24, 2.45) is 0 Å². The molecule has 16 heavy (non-hydrogen) atoms. The highest BCUT2D eigenvalue weighted by Crippen LogP contribution is 2.29. The molecule has 0 aliphatic rings. The summed E-state index contributed by atoms with van der Waals surface area (Å²) in [6.07, 6.45) is 6.73. The number of hydrogen-bond acceptors (Lipinski definition) is 1. The van der Waals surface area contributed by atoms with Gasteiger partial charge < -0.3 is 0 Å². The van der Waals surface area contributed by atoms with Crippen LogP contribution in [0, 0.1) is 6.92 Å². The van der Waals surface area contributed by atoms with Crippen LogP contribution in [0.1, 0.15) is 51.5 Å². The van der Waals surface area contributed by atoms with Crippen LogP contribution in [-0.2, 0) is 0 Å². The van der Waals surface area contributed by atoms with Crippen LogP contribution in [0.2, 0.25) is 0 Å². The smallest absolute Gasteiger partial charge is 0.00917 e. The molecule has 0 radical (unpaired) electrons. The lowest BCUT2D eigenvalue weighted by Gasteiger charge is -2.14. The van der Waals surface area contributed by atoms with E-state index in [1.807, 2.05) is 11.8 Å². The molecule has 1 heteroatoms. The topological polar surface area (TPSA) is 0 Å². The Morgan fingerprint density at radius 3 is 2.31 bits per heavy atom. The zero-order valence-corrected chi connectivity index (χ0v) is 11.6. The molecule has 0 spiro atoms. The van der Waals surface area contributed by atoms with Crippen molar-refractivity contribution < 1.29 is 0 Å². The summed E-state index contributed by atoms with van der Waals surface area (Å²) < 4.78 is 0. The second kappa shape index (κ2) is 7.78. The van der Waals surface area contributed by atoms with Crippen molar-refractivity contribution in [3.8, 4) is 0 Å². The number of aryl methyl sites for hydroxylation is 1. The molecule has 90 valence electrons. The zero-order chi connectivity index (χ0) is 11.8. The van der Waals surface area contributed by atoms with Crippen LogP contribution in [0.15, 0.2) is 29.2 Å². The van der Waals surface area contributed by atoms with Gasteiger partial charge in [-0.05, 0) is 31.9 Å². The fraction of sp³-hybridized carbons (Fsp3) is 0.600. The van der Waals surface area contributed by atoms with Gasteiger partial charge in [-0.25, -0.2) is 0 Å². The van der Waals surface area contributed by atoms with Crippen LogP contribution in [-0.4, -0.2) is 5.25 Å². The Labute approximate surface area is 105 Å². The monoisotopic (exact) mass is 236 g/mol. The lowest BCUT2D eigenvalue weighted by molar-refractivity contribution is 0.635. The van der Waals surface area contributed by atoms with Crippen LogP contribution in [0.4, 0.5) is 0 Å². The van der Waals surface area contributed by atoms with E-state index in [4.69, 9.17) is 0 Å². The summed E-state index contributed by atoms with van der Waals surface area (Å²) >= 11 is 2.05. The summed E-state index contributed by atoms with van der Waals surface area (Å²) in [4.78, 5) is 1.42. The van der Waals surface area contributed by atoms with Crippen molar-refractivity contribution >= 4 is 11.8 Å². The third kappa shape index (κ3) is 5.07. The maximum absolute atomic E-state index is 2.30. The average molecular weight is 236 g/mol. The molecule has 0 amide bonds. The van der Waals surface area contributed by atoms with E-state index in [9.17, 15) is 0 Å². The molecule has 1 atom stereocenters. The Balaban J connectivity index is 2.40. The van der Waals surface area contributed by atoms with Gasteiger partial charge in [0, 0.05) is 10.1 Å². The minimum atomic E-state index is 0.800. The van der Waals surface area contributed by atoms with Gasteiger partial charge in [-0.15, -0.1) is 11.8 Å². The molecule has 1 unspecified atom stereocenters. The SMILES string of the molecule is CCCCCC(CC)Sc1ccc(C)cc1. The maximum Gasteiger partial charge on any atom is 0.00917 e. The maximum atomic E-state index is 2.30. The Hall–Kier alpha value is -0.430. The lowest BCUT2D eigenvalue weighted by Crippen LogP contribution is -2.00. The van der Waals surface area contributed by atoms with Crippen LogP contribution in [0.3, 0.4) is 0 Å². The molecule has 1 aromatic carbocycles. The second-order valence-corrected chi connectivity index (χ2v) is 5.83. The van der Waals surface area contributed by atoms with Gasteiger partial charge in [0.1, 0.15) is 0 Å². The van der Waals surface area contributed by atoms with E-state index in [1.54, 1.807) is 0 Å². The largest absolute Gasteiger partial charge is 0.123 e. The van der Waals surface area contributed by atoms with Crippen LogP contribution in [0.5, 0.6) is 0 Å². The summed E-state index contributed by atoms with van der Waals surface area (Å²) in [6, 6.07) is 8.92. The number of unbranched alkanes of at least 4 members (excludes halogenated alkanes) is 2. The first-order chi connectivity index (χ1) is 7.76. The molecule has 1 aromatic rings. The first kappa shape index (κ1) is 13.6. The van der Waals surface area contributed by atoms with Crippen molar-refractivity contribution in [2.45, 2.75) is 63.0 Å². The Kier molecular flexibility index (Phi) is 6.63. The van der Waals surface area contributed by atoms with Gasteiger partial charge >= 0.3 is 0 Å². The number of thioether (sulfide) groups is 1. The molecule has 0 saturated carbocycles. The molecule has 1 rings (SSSR count). The van der Waals surface area contributed by atoms with Gasteiger partial charge in [-0.3, -0.25) is 0 Å². The molecule has 0 aliphatic carbocycles. The van der Waals surface area contributed by atoms with E-state index >= 15 is 0 Å². The minimum Gasteiger partial charge on any atom is -0.123 e. The first-order valence-corrected chi connectivity index (χ1v) is 7.37. The molecular formula is C15H24S. The van der Waals surface area contributed by atoms with E-state index < -0.39 is 0 Å². The summed E-state index contributed by atoms with van der Waals surface area (Å²) in [5.74, 6) is 0. The molecule has 0 fully saturated rings. The predicted octanol–water partition coefficient (Wildman–Crippen LogP) is 5.45. The van der Waals surface area contributed by atoms with Crippen molar-refractivity contribution in [2.75, 3.05) is 0 Å². The third-order valence-corrected chi connectivity index (χ3v) is 4.36. The number of rotatable bonds is 7. The number of hydrogen-bond donors (Lipinski definition) is 0. The summed E-state index contributed by atoms with van der Waals surface area (Å²) in [5, 5.41) is 0.800. The Morgan fingerprint density at radius 2 is 1.75 bits per heavy atom. The van der Waals surface area contributed by atoms with Gasteiger partial charge in [0.15, 0.2) is 0 Å². The van der Waals surface area contributed by atoms with Crippen LogP contribution < -0.4 is 0 Å². The third-order valence-electron chi connectivity index (χ3n) is 2.91. The standard InChI is InChI=1S/C15H24S/c1-4-6-7-8-14(5-2)16-15-11-9-13(3)10-12-15/h9-12,14H,4-8H2,1-3H3. The highest BCUT2D eigenvalue weighted by molar-refractivity contribution is 8.00. The molecule has 0 bridgehead atoms. The molecule has 0 N–H and O–H groups in total.